The van der Waals surface area contributed by atoms with Gasteiger partial charge in [0.15, 0.2) is 0 Å². The monoisotopic (exact) mass is 381 g/mol. The number of nitrogens with zero attached hydrogens (tertiary/aromatic N) is 1. The van der Waals surface area contributed by atoms with Gasteiger partial charge < -0.3 is 14.1 Å². The normalized spacial score (nSPS) is 16.6. The second-order valence-electron chi connectivity index (χ2n) is 6.94. The minimum absolute atomic E-state index is 0.0406. The van der Waals surface area contributed by atoms with Crippen LogP contribution in [0.4, 0.5) is 0 Å². The van der Waals surface area contributed by atoms with Crippen LogP contribution in [0.1, 0.15) is 34.5 Å². The van der Waals surface area contributed by atoms with E-state index in [1.165, 1.54) is 0 Å². The zero-order valence-corrected chi connectivity index (χ0v) is 16.2. The van der Waals surface area contributed by atoms with Crippen molar-refractivity contribution < 1.29 is 13.9 Å². The molecule has 1 fully saturated rings. The van der Waals surface area contributed by atoms with Gasteiger partial charge in [-0.1, -0.05) is 12.1 Å². The van der Waals surface area contributed by atoms with Gasteiger partial charge in [-0.05, 0) is 66.4 Å². The number of carbonyl (C=O) groups is 1. The predicted molar refractivity (Wildman–Crippen MR) is 107 cm³/mol. The van der Waals surface area contributed by atoms with Gasteiger partial charge in [-0.2, -0.15) is 11.3 Å². The Balaban J connectivity index is 1.52. The lowest BCUT2D eigenvalue weighted by Gasteiger charge is -2.25. The van der Waals surface area contributed by atoms with Crippen LogP contribution in [0.2, 0.25) is 0 Å². The molecule has 2 aromatic heterocycles. The molecular weight excluding hydrogens is 358 g/mol. The van der Waals surface area contributed by atoms with E-state index in [9.17, 15) is 4.79 Å². The average Bonchev–Trinajstić information content (AvgIpc) is 3.44. The van der Waals surface area contributed by atoms with Crippen molar-refractivity contribution in [3.05, 3.63) is 70.1 Å². The summed E-state index contributed by atoms with van der Waals surface area (Å²) in [6.07, 6.45) is 2.23. The lowest BCUT2D eigenvalue weighted by atomic mass is 10.1. The molecule has 3 aromatic rings. The van der Waals surface area contributed by atoms with Crippen molar-refractivity contribution in [3.8, 4) is 11.3 Å². The number of hydrogen-bond donors (Lipinski definition) is 0. The summed E-state index contributed by atoms with van der Waals surface area (Å²) in [5.41, 5.74) is 2.83. The number of benzene rings is 1. The largest absolute Gasteiger partial charge is 0.461 e. The van der Waals surface area contributed by atoms with Crippen LogP contribution in [0, 0.1) is 6.92 Å². The Labute approximate surface area is 163 Å². The number of amides is 1. The Morgan fingerprint density at radius 2 is 2.04 bits per heavy atom. The molecule has 27 heavy (non-hydrogen) atoms. The number of carbonyl (C=O) groups excluding carboxylic acids is 1. The summed E-state index contributed by atoms with van der Waals surface area (Å²) < 4.78 is 11.4. The van der Waals surface area contributed by atoms with Crippen molar-refractivity contribution in [2.45, 2.75) is 32.4 Å². The first-order valence-electron chi connectivity index (χ1n) is 9.28. The van der Waals surface area contributed by atoms with Crippen molar-refractivity contribution in [1.29, 1.82) is 0 Å². The number of hydrogen-bond acceptors (Lipinski definition) is 4. The molecule has 5 heteroatoms. The maximum atomic E-state index is 13.2. The molecule has 4 nitrogen and oxygen atoms in total. The third-order valence-electron chi connectivity index (χ3n) is 4.85. The van der Waals surface area contributed by atoms with Gasteiger partial charge in [0.25, 0.3) is 5.91 Å². The van der Waals surface area contributed by atoms with Crippen LogP contribution in [0.3, 0.4) is 0 Å². The number of thiophene rings is 1. The summed E-state index contributed by atoms with van der Waals surface area (Å²) in [5.74, 6) is 1.74. The van der Waals surface area contributed by atoms with Crippen LogP contribution < -0.4 is 0 Å². The quantitative estimate of drug-likeness (QED) is 0.594. The van der Waals surface area contributed by atoms with E-state index in [-0.39, 0.29) is 12.0 Å². The first-order chi connectivity index (χ1) is 13.2. The molecule has 1 saturated heterocycles. The molecule has 1 atom stereocenters. The Morgan fingerprint density at radius 1 is 1.19 bits per heavy atom. The number of ether oxygens (including phenoxy) is 1. The lowest BCUT2D eigenvalue weighted by molar-refractivity contribution is 0.0507. The van der Waals surface area contributed by atoms with E-state index in [0.717, 1.165) is 42.1 Å². The van der Waals surface area contributed by atoms with Gasteiger partial charge in [0, 0.05) is 30.8 Å². The van der Waals surface area contributed by atoms with Crippen molar-refractivity contribution in [1.82, 2.24) is 4.90 Å². The van der Waals surface area contributed by atoms with E-state index in [0.29, 0.717) is 18.7 Å². The maximum Gasteiger partial charge on any atom is 0.254 e. The second kappa shape index (κ2) is 8.11. The first-order valence-corrected chi connectivity index (χ1v) is 10.2. The number of furan rings is 1. The van der Waals surface area contributed by atoms with E-state index in [4.69, 9.17) is 9.15 Å². The Morgan fingerprint density at radius 3 is 2.67 bits per heavy atom. The summed E-state index contributed by atoms with van der Waals surface area (Å²) >= 11 is 1.65. The zero-order chi connectivity index (χ0) is 18.6. The van der Waals surface area contributed by atoms with Gasteiger partial charge in [-0.15, -0.1) is 0 Å². The molecule has 1 amide bonds. The van der Waals surface area contributed by atoms with Crippen LogP contribution in [0.15, 0.2) is 57.6 Å². The van der Waals surface area contributed by atoms with E-state index in [2.05, 4.69) is 11.4 Å². The van der Waals surface area contributed by atoms with Crippen LogP contribution in [-0.2, 0) is 11.3 Å². The molecule has 140 valence electrons. The SMILES string of the molecule is Cc1ccc(-c2ccc(C(=O)N(Cc3ccsc3)CC3CCCO3)cc2)o1. The van der Waals surface area contributed by atoms with Crippen LogP contribution in [0.5, 0.6) is 0 Å². The van der Waals surface area contributed by atoms with E-state index in [1.54, 1.807) is 11.3 Å². The second-order valence-corrected chi connectivity index (χ2v) is 7.72. The van der Waals surface area contributed by atoms with Gasteiger partial charge >= 0.3 is 0 Å². The van der Waals surface area contributed by atoms with Crippen LogP contribution in [0.25, 0.3) is 11.3 Å². The topological polar surface area (TPSA) is 42.7 Å². The lowest BCUT2D eigenvalue weighted by Crippen LogP contribution is -2.36. The molecule has 4 rings (SSSR count). The highest BCUT2D eigenvalue weighted by molar-refractivity contribution is 7.07. The van der Waals surface area contributed by atoms with Crippen molar-refractivity contribution in [2.24, 2.45) is 0 Å². The highest BCUT2D eigenvalue weighted by Crippen LogP contribution is 2.23. The van der Waals surface area contributed by atoms with Crippen LogP contribution >= 0.6 is 11.3 Å². The molecule has 1 unspecified atom stereocenters. The van der Waals surface area contributed by atoms with E-state index >= 15 is 0 Å². The summed E-state index contributed by atoms with van der Waals surface area (Å²) in [4.78, 5) is 15.1. The smallest absolute Gasteiger partial charge is 0.254 e. The van der Waals surface area contributed by atoms with Gasteiger partial charge in [0.2, 0.25) is 0 Å². The van der Waals surface area contributed by atoms with Crippen LogP contribution in [-0.4, -0.2) is 30.1 Å². The molecule has 1 aromatic carbocycles. The molecule has 3 heterocycles. The summed E-state index contributed by atoms with van der Waals surface area (Å²) in [6.45, 7) is 3.96. The van der Waals surface area contributed by atoms with Crippen molar-refractivity contribution in [3.63, 3.8) is 0 Å². The minimum Gasteiger partial charge on any atom is -0.461 e. The molecule has 0 radical (unpaired) electrons. The average molecular weight is 381 g/mol. The molecule has 0 bridgehead atoms. The highest BCUT2D eigenvalue weighted by atomic mass is 32.1. The zero-order valence-electron chi connectivity index (χ0n) is 15.4. The molecule has 1 aliphatic rings. The number of rotatable bonds is 6. The molecule has 0 saturated carbocycles. The van der Waals surface area contributed by atoms with Gasteiger partial charge in [-0.25, -0.2) is 0 Å². The van der Waals surface area contributed by atoms with Gasteiger partial charge in [-0.3, -0.25) is 4.79 Å². The number of aryl methyl sites for hydroxylation is 1. The molecule has 0 aliphatic carbocycles. The summed E-state index contributed by atoms with van der Waals surface area (Å²) in [5, 5.41) is 4.14. The molecule has 0 N–H and O–H groups in total. The fourth-order valence-electron chi connectivity index (χ4n) is 3.41. The Kier molecular flexibility index (Phi) is 5.41. The van der Waals surface area contributed by atoms with Gasteiger partial charge in [0.05, 0.1) is 6.10 Å². The van der Waals surface area contributed by atoms with Crippen molar-refractivity contribution in [2.75, 3.05) is 13.2 Å². The van der Waals surface area contributed by atoms with Crippen molar-refractivity contribution >= 4 is 17.2 Å². The maximum absolute atomic E-state index is 13.2. The first kappa shape index (κ1) is 18.0. The fourth-order valence-corrected chi connectivity index (χ4v) is 4.07. The predicted octanol–water partition coefficient (Wildman–Crippen LogP) is 5.14. The van der Waals surface area contributed by atoms with E-state index in [1.807, 2.05) is 53.6 Å². The summed E-state index contributed by atoms with van der Waals surface area (Å²) in [6, 6.07) is 13.6. The third-order valence-corrected chi connectivity index (χ3v) is 5.58. The van der Waals surface area contributed by atoms with Gasteiger partial charge in [0.1, 0.15) is 11.5 Å². The van der Waals surface area contributed by atoms with E-state index < -0.39 is 0 Å². The standard InChI is InChI=1S/C22H23NO3S/c1-16-4-9-21(26-16)18-5-7-19(8-6-18)22(24)23(13-17-10-12-27-15-17)14-20-3-2-11-25-20/h4-10,12,15,20H,2-3,11,13-14H2,1H3. The summed E-state index contributed by atoms with van der Waals surface area (Å²) in [7, 11) is 0. The Bertz CT molecular complexity index is 877. The third kappa shape index (κ3) is 4.31. The molecular formula is C22H23NO3S. The fraction of sp³-hybridized carbons (Fsp3) is 0.318. The molecule has 0 spiro atoms. The Hall–Kier alpha value is -2.37. The minimum atomic E-state index is 0.0406. The highest BCUT2D eigenvalue weighted by Gasteiger charge is 2.24. The molecule has 1 aliphatic heterocycles.